The van der Waals surface area contributed by atoms with Gasteiger partial charge < -0.3 is 15.2 Å². The number of benzene rings is 1. The molecule has 116 valence electrons. The third-order valence-electron chi connectivity index (χ3n) is 2.54. The summed E-state index contributed by atoms with van der Waals surface area (Å²) in [5, 5.41) is 12.2. The average molecular weight is 335 g/mol. The number of carbonyl (C=O) groups is 2. The van der Waals surface area contributed by atoms with Crippen molar-refractivity contribution >= 4 is 40.8 Å². The molecule has 0 aliphatic heterocycles. The first-order chi connectivity index (χ1) is 9.92. The van der Waals surface area contributed by atoms with Gasteiger partial charge in [-0.15, -0.1) is 0 Å². The van der Waals surface area contributed by atoms with Crippen LogP contribution in [-0.2, 0) is 14.3 Å². The van der Waals surface area contributed by atoms with Crippen LogP contribution in [0.3, 0.4) is 0 Å². The number of rotatable bonds is 8. The second-order valence-electron chi connectivity index (χ2n) is 4.27. The topological polar surface area (TPSA) is 78.9 Å². The maximum atomic E-state index is 11.9. The van der Waals surface area contributed by atoms with Gasteiger partial charge in [-0.3, -0.25) is 14.5 Å². The number of hydrogen-bond donors (Lipinski definition) is 2. The summed E-state index contributed by atoms with van der Waals surface area (Å²) in [6, 6.07) is 4.70. The van der Waals surface area contributed by atoms with Gasteiger partial charge in [0.15, 0.2) is 0 Å². The van der Waals surface area contributed by atoms with Gasteiger partial charge in [0.2, 0.25) is 5.91 Å². The minimum atomic E-state index is -1.01. The highest BCUT2D eigenvalue weighted by atomic mass is 35.5. The molecule has 0 aromatic heterocycles. The second-order valence-corrected chi connectivity index (χ2v) is 5.11. The van der Waals surface area contributed by atoms with Crippen LogP contribution in [0.15, 0.2) is 18.2 Å². The number of nitrogens with zero attached hydrogens (tertiary/aromatic N) is 1. The Morgan fingerprint density at radius 3 is 2.67 bits per heavy atom. The fourth-order valence-corrected chi connectivity index (χ4v) is 1.95. The van der Waals surface area contributed by atoms with Crippen molar-refractivity contribution in [1.29, 1.82) is 0 Å². The van der Waals surface area contributed by atoms with Crippen LogP contribution in [-0.4, -0.2) is 55.2 Å². The van der Waals surface area contributed by atoms with Gasteiger partial charge >= 0.3 is 5.97 Å². The zero-order chi connectivity index (χ0) is 15.8. The molecule has 1 amide bonds. The van der Waals surface area contributed by atoms with Crippen LogP contribution in [0.4, 0.5) is 5.69 Å². The van der Waals surface area contributed by atoms with E-state index in [2.05, 4.69) is 5.32 Å². The van der Waals surface area contributed by atoms with E-state index in [0.717, 1.165) is 0 Å². The molecule has 6 nitrogen and oxygen atoms in total. The molecule has 21 heavy (non-hydrogen) atoms. The Kier molecular flexibility index (Phi) is 7.45. The molecule has 1 aromatic rings. The highest BCUT2D eigenvalue weighted by Gasteiger charge is 2.15. The molecule has 0 bridgehead atoms. The van der Waals surface area contributed by atoms with Crippen LogP contribution in [0.2, 0.25) is 10.0 Å². The van der Waals surface area contributed by atoms with E-state index in [1.54, 1.807) is 12.1 Å². The molecule has 0 saturated heterocycles. The number of nitrogens with one attached hydrogen (secondary N) is 1. The summed E-state index contributed by atoms with van der Waals surface area (Å²) in [6.07, 6.45) is 0. The third-order valence-corrected chi connectivity index (χ3v) is 3.10. The smallest absolute Gasteiger partial charge is 0.317 e. The van der Waals surface area contributed by atoms with Crippen molar-refractivity contribution in [3.63, 3.8) is 0 Å². The van der Waals surface area contributed by atoms with Crippen LogP contribution in [0.25, 0.3) is 0 Å². The first kappa shape index (κ1) is 17.7. The minimum absolute atomic E-state index is 0.0848. The Labute approximate surface area is 132 Å². The summed E-state index contributed by atoms with van der Waals surface area (Å²) >= 11 is 11.8. The van der Waals surface area contributed by atoms with Crippen LogP contribution < -0.4 is 5.32 Å². The first-order valence-corrected chi connectivity index (χ1v) is 6.86. The number of halogens is 2. The van der Waals surface area contributed by atoms with Crippen LogP contribution >= 0.6 is 23.2 Å². The number of aliphatic carboxylic acids is 1. The lowest BCUT2D eigenvalue weighted by atomic mass is 10.3. The zero-order valence-electron chi connectivity index (χ0n) is 11.4. The van der Waals surface area contributed by atoms with E-state index in [1.807, 2.05) is 0 Å². The Morgan fingerprint density at radius 1 is 1.33 bits per heavy atom. The Balaban J connectivity index is 2.64. The van der Waals surface area contributed by atoms with Crippen LogP contribution in [0, 0.1) is 0 Å². The van der Waals surface area contributed by atoms with E-state index in [4.69, 9.17) is 33.0 Å². The van der Waals surface area contributed by atoms with Crippen LogP contribution in [0.1, 0.15) is 0 Å². The highest BCUT2D eigenvalue weighted by molar-refractivity contribution is 6.35. The van der Waals surface area contributed by atoms with E-state index in [9.17, 15) is 9.59 Å². The van der Waals surface area contributed by atoms with Crippen molar-refractivity contribution in [2.24, 2.45) is 0 Å². The van der Waals surface area contributed by atoms with E-state index in [0.29, 0.717) is 28.9 Å². The van der Waals surface area contributed by atoms with Gasteiger partial charge in [0.05, 0.1) is 30.4 Å². The molecule has 0 spiro atoms. The molecular weight excluding hydrogens is 319 g/mol. The Bertz CT molecular complexity index is 511. The molecule has 0 unspecified atom stereocenters. The fourth-order valence-electron chi connectivity index (χ4n) is 1.61. The molecule has 0 radical (unpaired) electrons. The standard InChI is InChI=1S/C13H16Cl2N2O4/c1-21-5-4-17(8-13(19)20)7-12(18)16-11-6-9(14)2-3-10(11)15/h2-3,6H,4-5,7-8H2,1H3,(H,16,18)(H,19,20). The number of carboxylic acids is 1. The molecule has 0 saturated carbocycles. The quantitative estimate of drug-likeness (QED) is 0.759. The molecule has 0 aliphatic carbocycles. The monoisotopic (exact) mass is 334 g/mol. The summed E-state index contributed by atoms with van der Waals surface area (Å²) in [7, 11) is 1.50. The predicted octanol–water partition coefficient (Wildman–Crippen LogP) is 1.96. The zero-order valence-corrected chi connectivity index (χ0v) is 12.9. The van der Waals surface area contributed by atoms with Gasteiger partial charge in [-0.05, 0) is 18.2 Å². The molecule has 0 heterocycles. The third kappa shape index (κ3) is 6.77. The average Bonchev–Trinajstić information content (AvgIpc) is 2.39. The molecule has 1 rings (SSSR count). The van der Waals surface area contributed by atoms with Crippen molar-refractivity contribution in [3.8, 4) is 0 Å². The maximum absolute atomic E-state index is 11.9. The van der Waals surface area contributed by atoms with Crippen molar-refractivity contribution in [3.05, 3.63) is 28.2 Å². The van der Waals surface area contributed by atoms with Gasteiger partial charge in [-0.2, -0.15) is 0 Å². The fraction of sp³-hybridized carbons (Fsp3) is 0.385. The molecule has 0 fully saturated rings. The van der Waals surface area contributed by atoms with Gasteiger partial charge in [0.25, 0.3) is 0 Å². The second kappa shape index (κ2) is 8.84. The van der Waals surface area contributed by atoms with E-state index in [-0.39, 0.29) is 19.0 Å². The lowest BCUT2D eigenvalue weighted by Crippen LogP contribution is -2.38. The normalized spacial score (nSPS) is 10.7. The summed E-state index contributed by atoms with van der Waals surface area (Å²) < 4.78 is 4.88. The van der Waals surface area contributed by atoms with Crippen molar-refractivity contribution in [1.82, 2.24) is 4.90 Å². The SMILES string of the molecule is COCCN(CC(=O)O)CC(=O)Nc1cc(Cl)ccc1Cl. The van der Waals surface area contributed by atoms with E-state index < -0.39 is 5.97 Å². The summed E-state index contributed by atoms with van der Waals surface area (Å²) in [5.74, 6) is -1.39. The molecule has 0 atom stereocenters. The number of amides is 1. The van der Waals surface area contributed by atoms with Gasteiger partial charge in [0, 0.05) is 18.7 Å². The highest BCUT2D eigenvalue weighted by Crippen LogP contribution is 2.25. The number of ether oxygens (including phenoxy) is 1. The minimum Gasteiger partial charge on any atom is -0.480 e. The van der Waals surface area contributed by atoms with Crippen molar-refractivity contribution in [2.45, 2.75) is 0 Å². The lowest BCUT2D eigenvalue weighted by Gasteiger charge is -2.19. The summed E-state index contributed by atoms with van der Waals surface area (Å²) in [6.45, 7) is 0.330. The predicted molar refractivity (Wildman–Crippen MR) is 81.0 cm³/mol. The Morgan fingerprint density at radius 2 is 2.05 bits per heavy atom. The largest absolute Gasteiger partial charge is 0.480 e. The van der Waals surface area contributed by atoms with Gasteiger partial charge in [-0.25, -0.2) is 0 Å². The number of hydrogen-bond acceptors (Lipinski definition) is 4. The first-order valence-electron chi connectivity index (χ1n) is 6.10. The lowest BCUT2D eigenvalue weighted by molar-refractivity contribution is -0.138. The van der Waals surface area contributed by atoms with E-state index in [1.165, 1.54) is 18.1 Å². The molecule has 0 aliphatic rings. The van der Waals surface area contributed by atoms with Gasteiger partial charge in [-0.1, -0.05) is 23.2 Å². The van der Waals surface area contributed by atoms with E-state index >= 15 is 0 Å². The maximum Gasteiger partial charge on any atom is 0.317 e. The number of carbonyl (C=O) groups excluding carboxylic acids is 1. The number of anilines is 1. The molecule has 1 aromatic carbocycles. The van der Waals surface area contributed by atoms with Gasteiger partial charge in [0.1, 0.15) is 0 Å². The molecular formula is C13H16Cl2N2O4. The molecule has 2 N–H and O–H groups in total. The number of carboxylic acid groups (broad SMARTS) is 1. The van der Waals surface area contributed by atoms with Crippen molar-refractivity contribution < 1.29 is 19.4 Å². The van der Waals surface area contributed by atoms with Crippen LogP contribution in [0.5, 0.6) is 0 Å². The molecule has 8 heteroatoms. The number of methoxy groups -OCH3 is 1. The Hall–Kier alpha value is -1.34. The summed E-state index contributed by atoms with van der Waals surface area (Å²) in [5.41, 5.74) is 0.385. The van der Waals surface area contributed by atoms with Crippen molar-refractivity contribution in [2.75, 3.05) is 38.7 Å². The summed E-state index contributed by atoms with van der Waals surface area (Å²) in [4.78, 5) is 24.2.